The Hall–Kier alpha value is -3.22. The molecule has 30 heavy (non-hydrogen) atoms. The maximum Gasteiger partial charge on any atom is 0.273 e. The number of hydrogen-bond donors (Lipinski definition) is 2. The number of anilines is 1. The minimum absolute atomic E-state index is 0.108. The van der Waals surface area contributed by atoms with Crippen molar-refractivity contribution in [3.63, 3.8) is 0 Å². The molecule has 7 nitrogen and oxygen atoms in total. The molecule has 2 atom stereocenters. The van der Waals surface area contributed by atoms with Gasteiger partial charge in [0.2, 0.25) is 5.91 Å². The van der Waals surface area contributed by atoms with Crippen molar-refractivity contribution < 1.29 is 14.5 Å². The van der Waals surface area contributed by atoms with E-state index in [0.717, 1.165) is 19.3 Å². The summed E-state index contributed by atoms with van der Waals surface area (Å²) in [6.45, 7) is 5.46. The number of aryl methyl sites for hydroxylation is 3. The molecule has 7 heteroatoms. The van der Waals surface area contributed by atoms with E-state index in [1.807, 2.05) is 32.0 Å². The fourth-order valence-electron chi connectivity index (χ4n) is 3.74. The minimum atomic E-state index is -0.754. The second kappa shape index (κ2) is 9.07. The number of benzene rings is 2. The van der Waals surface area contributed by atoms with Crippen LogP contribution in [0.2, 0.25) is 0 Å². The predicted octanol–water partition coefficient (Wildman–Crippen LogP) is 4.18. The van der Waals surface area contributed by atoms with Gasteiger partial charge in [0.1, 0.15) is 6.04 Å². The second-order valence-corrected chi connectivity index (χ2v) is 7.92. The van der Waals surface area contributed by atoms with Crippen LogP contribution in [0.3, 0.4) is 0 Å². The lowest BCUT2D eigenvalue weighted by atomic mass is 9.97. The number of hydrogen-bond acceptors (Lipinski definition) is 4. The molecule has 0 bridgehead atoms. The lowest BCUT2D eigenvalue weighted by molar-refractivity contribution is -0.385. The van der Waals surface area contributed by atoms with Crippen molar-refractivity contribution in [1.29, 1.82) is 0 Å². The highest BCUT2D eigenvalue weighted by Crippen LogP contribution is 2.25. The Labute approximate surface area is 176 Å². The van der Waals surface area contributed by atoms with Gasteiger partial charge in [0, 0.05) is 22.9 Å². The standard InChI is InChI=1S/C23H27N3O4/c1-4-14(2)21(23(28)24-19-11-10-16-6-5-7-17(16)12-19)25-22(27)18-9-8-15(3)20(13-18)26(29)30/h8-14,21H,4-7H2,1-3H3,(H,24,28)(H,25,27)/t14-,21-/m0/s1. The molecule has 158 valence electrons. The zero-order valence-corrected chi connectivity index (χ0v) is 17.5. The van der Waals surface area contributed by atoms with Crippen molar-refractivity contribution in [2.45, 2.75) is 52.5 Å². The third-order valence-corrected chi connectivity index (χ3v) is 5.82. The van der Waals surface area contributed by atoms with E-state index in [1.54, 1.807) is 6.92 Å². The average Bonchev–Trinajstić information content (AvgIpc) is 3.19. The van der Waals surface area contributed by atoms with Gasteiger partial charge in [-0.05, 0) is 61.4 Å². The van der Waals surface area contributed by atoms with Gasteiger partial charge in [0.15, 0.2) is 0 Å². The van der Waals surface area contributed by atoms with Crippen LogP contribution < -0.4 is 10.6 Å². The topological polar surface area (TPSA) is 101 Å². The molecular weight excluding hydrogens is 382 g/mol. The maximum absolute atomic E-state index is 13.0. The predicted molar refractivity (Wildman–Crippen MR) is 116 cm³/mol. The molecule has 0 saturated carbocycles. The van der Waals surface area contributed by atoms with Crippen LogP contribution in [-0.4, -0.2) is 22.8 Å². The monoisotopic (exact) mass is 409 g/mol. The third-order valence-electron chi connectivity index (χ3n) is 5.82. The van der Waals surface area contributed by atoms with Crippen LogP contribution >= 0.6 is 0 Å². The first-order valence-corrected chi connectivity index (χ1v) is 10.3. The zero-order valence-electron chi connectivity index (χ0n) is 17.5. The SMILES string of the molecule is CC[C@H](C)[C@H](NC(=O)c1ccc(C)c([N+](=O)[O-])c1)C(=O)Nc1ccc2c(c1)CCC2. The molecule has 1 aliphatic carbocycles. The first-order chi connectivity index (χ1) is 14.3. The molecule has 2 aromatic carbocycles. The highest BCUT2D eigenvalue weighted by atomic mass is 16.6. The van der Waals surface area contributed by atoms with Crippen LogP contribution in [-0.2, 0) is 17.6 Å². The Bertz CT molecular complexity index is 986. The lowest BCUT2D eigenvalue weighted by Gasteiger charge is -2.24. The first kappa shape index (κ1) is 21.5. The Kier molecular flexibility index (Phi) is 6.50. The van der Waals surface area contributed by atoms with E-state index < -0.39 is 16.9 Å². The van der Waals surface area contributed by atoms with Crippen LogP contribution in [0.4, 0.5) is 11.4 Å². The third kappa shape index (κ3) is 4.67. The van der Waals surface area contributed by atoms with Gasteiger partial charge in [-0.2, -0.15) is 0 Å². The second-order valence-electron chi connectivity index (χ2n) is 7.92. The number of nitro benzene ring substituents is 1. The molecule has 0 heterocycles. The average molecular weight is 409 g/mol. The van der Waals surface area contributed by atoms with Crippen molar-refractivity contribution in [2.24, 2.45) is 5.92 Å². The van der Waals surface area contributed by atoms with Crippen LogP contribution in [0.25, 0.3) is 0 Å². The van der Waals surface area contributed by atoms with E-state index in [1.165, 1.54) is 29.3 Å². The first-order valence-electron chi connectivity index (χ1n) is 10.3. The van der Waals surface area contributed by atoms with Crippen LogP contribution in [0.1, 0.15) is 53.7 Å². The largest absolute Gasteiger partial charge is 0.340 e. The van der Waals surface area contributed by atoms with Gasteiger partial charge in [0.25, 0.3) is 11.6 Å². The lowest BCUT2D eigenvalue weighted by Crippen LogP contribution is -2.47. The zero-order chi connectivity index (χ0) is 21.8. The normalized spacial score (nSPS) is 14.5. The van der Waals surface area contributed by atoms with Crippen molar-refractivity contribution in [3.05, 3.63) is 68.8 Å². The molecule has 2 aromatic rings. The summed E-state index contributed by atoms with van der Waals surface area (Å²) in [5.74, 6) is -0.909. The number of nitro groups is 1. The number of amides is 2. The molecule has 3 rings (SSSR count). The number of fused-ring (bicyclic) bond motifs is 1. The molecule has 2 N–H and O–H groups in total. The molecule has 1 aliphatic rings. The van der Waals surface area contributed by atoms with Crippen LogP contribution in [0, 0.1) is 23.0 Å². The molecule has 2 amide bonds. The number of carbonyl (C=O) groups excluding carboxylic acids is 2. The molecular formula is C23H27N3O4. The summed E-state index contributed by atoms with van der Waals surface area (Å²) in [6.07, 6.45) is 3.89. The van der Waals surface area contributed by atoms with E-state index in [9.17, 15) is 19.7 Å². The molecule has 0 spiro atoms. The van der Waals surface area contributed by atoms with E-state index in [-0.39, 0.29) is 23.1 Å². The van der Waals surface area contributed by atoms with Crippen molar-refractivity contribution in [1.82, 2.24) is 5.32 Å². The highest BCUT2D eigenvalue weighted by molar-refractivity contribution is 6.01. The van der Waals surface area contributed by atoms with Gasteiger partial charge < -0.3 is 10.6 Å². The summed E-state index contributed by atoms with van der Waals surface area (Å²) >= 11 is 0. The van der Waals surface area contributed by atoms with E-state index >= 15 is 0 Å². The van der Waals surface area contributed by atoms with Gasteiger partial charge in [-0.3, -0.25) is 19.7 Å². The van der Waals surface area contributed by atoms with E-state index in [2.05, 4.69) is 10.6 Å². The minimum Gasteiger partial charge on any atom is -0.340 e. The highest BCUT2D eigenvalue weighted by Gasteiger charge is 2.27. The smallest absolute Gasteiger partial charge is 0.273 e. The molecule has 0 fully saturated rings. The molecule has 0 unspecified atom stereocenters. The van der Waals surface area contributed by atoms with Gasteiger partial charge in [-0.1, -0.05) is 32.4 Å². The van der Waals surface area contributed by atoms with Gasteiger partial charge in [-0.15, -0.1) is 0 Å². The van der Waals surface area contributed by atoms with Crippen molar-refractivity contribution >= 4 is 23.2 Å². The van der Waals surface area contributed by atoms with Crippen molar-refractivity contribution in [3.8, 4) is 0 Å². The number of carbonyl (C=O) groups is 2. The summed E-state index contributed by atoms with van der Waals surface area (Å²) in [5.41, 5.74) is 3.81. The summed E-state index contributed by atoms with van der Waals surface area (Å²) in [5, 5.41) is 16.9. The summed E-state index contributed by atoms with van der Waals surface area (Å²) in [4.78, 5) is 36.4. The summed E-state index contributed by atoms with van der Waals surface area (Å²) < 4.78 is 0. The van der Waals surface area contributed by atoms with Gasteiger partial charge >= 0.3 is 0 Å². The summed E-state index contributed by atoms with van der Waals surface area (Å²) in [7, 11) is 0. The Morgan fingerprint density at radius 2 is 1.87 bits per heavy atom. The molecule has 0 saturated heterocycles. The fraction of sp³-hybridized carbons (Fsp3) is 0.391. The fourth-order valence-corrected chi connectivity index (χ4v) is 3.74. The van der Waals surface area contributed by atoms with Crippen molar-refractivity contribution in [2.75, 3.05) is 5.32 Å². The van der Waals surface area contributed by atoms with E-state index in [0.29, 0.717) is 17.7 Å². The molecule has 0 aliphatic heterocycles. The Morgan fingerprint density at radius 1 is 1.13 bits per heavy atom. The number of rotatable bonds is 7. The van der Waals surface area contributed by atoms with Crippen LogP contribution in [0.5, 0.6) is 0 Å². The Balaban J connectivity index is 1.77. The molecule has 0 aromatic heterocycles. The van der Waals surface area contributed by atoms with E-state index in [4.69, 9.17) is 0 Å². The summed E-state index contributed by atoms with van der Waals surface area (Å²) in [6, 6.07) is 9.49. The van der Waals surface area contributed by atoms with Gasteiger partial charge in [0.05, 0.1) is 4.92 Å². The van der Waals surface area contributed by atoms with Gasteiger partial charge in [-0.25, -0.2) is 0 Å². The maximum atomic E-state index is 13.0. The number of nitrogens with one attached hydrogen (secondary N) is 2. The molecule has 0 radical (unpaired) electrons. The Morgan fingerprint density at radius 3 is 2.57 bits per heavy atom. The number of nitrogens with zero attached hydrogens (tertiary/aromatic N) is 1. The quantitative estimate of drug-likeness (QED) is 0.529. The van der Waals surface area contributed by atoms with Crippen LogP contribution in [0.15, 0.2) is 36.4 Å².